The van der Waals surface area contributed by atoms with Crippen molar-refractivity contribution in [2.45, 2.75) is 49.1 Å². The Morgan fingerprint density at radius 3 is 1.80 bits per heavy atom. The Bertz CT molecular complexity index is 1260. The zero-order valence-electron chi connectivity index (χ0n) is 17.7. The first-order chi connectivity index (χ1) is 16.5. The van der Waals surface area contributed by atoms with Gasteiger partial charge in [0, 0.05) is 18.3 Å². The third kappa shape index (κ3) is 5.62. The number of aromatic nitrogens is 4. The highest BCUT2D eigenvalue weighted by molar-refractivity contribution is 14.1. The summed E-state index contributed by atoms with van der Waals surface area (Å²) in [5, 5.41) is 56.4. The average molecular weight is 614 g/mol. The van der Waals surface area contributed by atoms with E-state index in [-0.39, 0.29) is 3.70 Å². The Morgan fingerprint density at radius 2 is 1.31 bits per heavy atom. The van der Waals surface area contributed by atoms with E-state index in [0.717, 1.165) is 27.5 Å². The fourth-order valence-electron chi connectivity index (χ4n) is 3.54. The molecule has 0 radical (unpaired) electrons. The highest BCUT2D eigenvalue weighted by Crippen LogP contribution is 2.29. The van der Waals surface area contributed by atoms with Crippen LogP contribution in [0.1, 0.15) is 12.5 Å². The van der Waals surface area contributed by atoms with Gasteiger partial charge in [-0.1, -0.05) is 0 Å². The molecule has 16 nitrogen and oxygen atoms in total. The molecule has 0 aromatic carbocycles. The first-order valence-electron chi connectivity index (χ1n) is 10.1. The van der Waals surface area contributed by atoms with Gasteiger partial charge < -0.3 is 40.1 Å². The number of H-pyrrole nitrogens is 2. The van der Waals surface area contributed by atoms with Gasteiger partial charge in [-0.3, -0.25) is 28.7 Å². The Hall–Kier alpha value is -2.23. The second kappa shape index (κ2) is 11.2. The van der Waals surface area contributed by atoms with Crippen LogP contribution in [-0.4, -0.2) is 99.6 Å². The number of hydrogen-bond acceptors (Lipinski definition) is 12. The number of nitrogens with one attached hydrogen (secondary N) is 2. The molecular weight excluding hydrogens is 591 g/mol. The summed E-state index contributed by atoms with van der Waals surface area (Å²) in [6.07, 6.45) is -8.36. The first-order valence-corrected chi connectivity index (χ1v) is 11.2. The summed E-state index contributed by atoms with van der Waals surface area (Å²) in [6, 6.07) is 2.26. The lowest BCUT2D eigenvalue weighted by Gasteiger charge is -2.18. The molecule has 0 bridgehead atoms. The van der Waals surface area contributed by atoms with E-state index >= 15 is 0 Å². The zero-order valence-corrected chi connectivity index (χ0v) is 19.8. The highest BCUT2D eigenvalue weighted by atomic mass is 127. The molecule has 0 aliphatic carbocycles. The van der Waals surface area contributed by atoms with Gasteiger partial charge in [0.2, 0.25) is 0 Å². The molecule has 2 fully saturated rings. The van der Waals surface area contributed by atoms with Crippen molar-refractivity contribution in [2.75, 3.05) is 13.2 Å². The summed E-state index contributed by atoms with van der Waals surface area (Å²) in [7, 11) is 0. The Labute approximate surface area is 207 Å². The van der Waals surface area contributed by atoms with E-state index in [1.807, 2.05) is 9.97 Å². The number of hydrogen-bond donors (Lipinski definition) is 8. The summed E-state index contributed by atoms with van der Waals surface area (Å²) in [6.45, 7) is -0.962. The van der Waals surface area contributed by atoms with Gasteiger partial charge in [0.05, 0.1) is 16.9 Å². The molecule has 2 aromatic heterocycles. The normalized spacial score (nSPS) is 32.3. The van der Waals surface area contributed by atoms with Crippen molar-refractivity contribution < 1.29 is 40.1 Å². The molecule has 4 rings (SSSR count). The standard InChI is InChI=1S/C9H11IN2O6.C9H12N2O6/c10-4-1-5(14)11-9(17)12(4)8-7(16)6(15)3(2-13)18-8;12-3-4-6(14)7(15)8(17-4)11-2-1-5(13)10-9(11)16/h1,3,6-8,13,15-16H,2H2,(H,11,14,17);1-2,4,6-8,12,14-15H,3H2,(H,10,13,16)/t3-,6-,7-,8?;4-,6-,7-,8-/m11/s1. The zero-order chi connectivity index (χ0) is 26.0. The van der Waals surface area contributed by atoms with Crippen LogP contribution in [0.2, 0.25) is 0 Å². The predicted octanol–water partition coefficient (Wildman–Crippen LogP) is -5.10. The van der Waals surface area contributed by atoms with Crippen LogP contribution in [0.5, 0.6) is 0 Å². The minimum Gasteiger partial charge on any atom is -0.394 e. The summed E-state index contributed by atoms with van der Waals surface area (Å²) in [5.41, 5.74) is -2.64. The second-order valence-electron chi connectivity index (χ2n) is 7.61. The van der Waals surface area contributed by atoms with Crippen molar-refractivity contribution in [3.8, 4) is 0 Å². The van der Waals surface area contributed by atoms with Crippen LogP contribution in [0.15, 0.2) is 37.5 Å². The van der Waals surface area contributed by atoms with Crippen molar-refractivity contribution in [1.29, 1.82) is 0 Å². The molecule has 17 heteroatoms. The third-order valence-electron chi connectivity index (χ3n) is 5.34. The van der Waals surface area contributed by atoms with Crippen LogP contribution < -0.4 is 22.5 Å². The topological polar surface area (TPSA) is 250 Å². The maximum Gasteiger partial charge on any atom is 0.331 e. The van der Waals surface area contributed by atoms with Gasteiger partial charge >= 0.3 is 11.4 Å². The number of ether oxygens (including phenoxy) is 2. The smallest absolute Gasteiger partial charge is 0.331 e. The van der Waals surface area contributed by atoms with Crippen LogP contribution in [0, 0.1) is 3.70 Å². The molecule has 194 valence electrons. The van der Waals surface area contributed by atoms with Crippen LogP contribution in [-0.2, 0) is 9.47 Å². The van der Waals surface area contributed by atoms with Gasteiger partial charge in [-0.2, -0.15) is 0 Å². The maximum absolute atomic E-state index is 11.7. The molecule has 35 heavy (non-hydrogen) atoms. The molecule has 0 spiro atoms. The van der Waals surface area contributed by atoms with Crippen LogP contribution in [0.4, 0.5) is 0 Å². The molecule has 1 unspecified atom stereocenters. The number of rotatable bonds is 4. The number of nitrogens with zero attached hydrogens (tertiary/aromatic N) is 2. The summed E-state index contributed by atoms with van der Waals surface area (Å²) >= 11 is 1.75. The lowest BCUT2D eigenvalue weighted by Crippen LogP contribution is -2.39. The lowest BCUT2D eigenvalue weighted by atomic mass is 10.1. The van der Waals surface area contributed by atoms with Crippen LogP contribution in [0.3, 0.4) is 0 Å². The molecule has 2 aromatic rings. The molecule has 0 saturated carbocycles. The van der Waals surface area contributed by atoms with E-state index in [2.05, 4.69) is 0 Å². The summed E-state index contributed by atoms with van der Waals surface area (Å²) in [4.78, 5) is 49.1. The Balaban J connectivity index is 0.000000196. The molecular formula is C18H23IN4O12. The predicted molar refractivity (Wildman–Crippen MR) is 121 cm³/mol. The van der Waals surface area contributed by atoms with Gasteiger partial charge in [-0.05, 0) is 22.6 Å². The van der Waals surface area contributed by atoms with E-state index in [9.17, 15) is 39.6 Å². The Kier molecular flexibility index (Phi) is 8.77. The fraction of sp³-hybridized carbons (Fsp3) is 0.556. The largest absolute Gasteiger partial charge is 0.394 e. The molecule has 8 N–H and O–H groups in total. The van der Waals surface area contributed by atoms with Gasteiger partial charge in [0.1, 0.15) is 36.6 Å². The van der Waals surface area contributed by atoms with Crippen molar-refractivity contribution in [3.63, 3.8) is 0 Å². The highest BCUT2D eigenvalue weighted by Gasteiger charge is 2.45. The third-order valence-corrected chi connectivity index (χ3v) is 6.17. The molecule has 2 aliphatic rings. The SMILES string of the molecule is O=c1cc(I)n(C2O[C@H](CO)[C@@H](O)[C@H]2O)c(=O)[nH]1.O=c1ccn([C@@H]2O[C@H](CO)[C@@H](O)[C@H]2O)c(=O)[nH]1. The number of aliphatic hydroxyl groups excluding tert-OH is 6. The molecule has 0 amide bonds. The van der Waals surface area contributed by atoms with Gasteiger partial charge in [0.15, 0.2) is 12.5 Å². The van der Waals surface area contributed by atoms with Crippen molar-refractivity contribution in [1.82, 2.24) is 19.1 Å². The maximum atomic E-state index is 11.7. The molecule has 4 heterocycles. The van der Waals surface area contributed by atoms with E-state index in [0.29, 0.717) is 0 Å². The Morgan fingerprint density at radius 1 is 0.800 bits per heavy atom. The molecule has 2 aliphatic heterocycles. The number of halogens is 1. The molecule has 8 atom stereocenters. The lowest BCUT2D eigenvalue weighted by molar-refractivity contribution is -0.0562. The van der Waals surface area contributed by atoms with E-state index < -0.39 is 84.8 Å². The minimum absolute atomic E-state index is 0.260. The van der Waals surface area contributed by atoms with Crippen molar-refractivity contribution in [3.05, 3.63) is 63.7 Å². The van der Waals surface area contributed by atoms with Gasteiger partial charge in [0.25, 0.3) is 11.1 Å². The van der Waals surface area contributed by atoms with E-state index in [1.165, 1.54) is 0 Å². The second-order valence-corrected chi connectivity index (χ2v) is 8.71. The number of aliphatic hydroxyl groups is 6. The number of aromatic amines is 2. The van der Waals surface area contributed by atoms with Gasteiger partial charge in [-0.25, -0.2) is 9.59 Å². The monoisotopic (exact) mass is 614 g/mol. The van der Waals surface area contributed by atoms with E-state index in [1.54, 1.807) is 22.6 Å². The minimum atomic E-state index is -1.36. The average Bonchev–Trinajstić information content (AvgIpc) is 3.24. The molecule has 2 saturated heterocycles. The van der Waals surface area contributed by atoms with Crippen LogP contribution in [0.25, 0.3) is 0 Å². The van der Waals surface area contributed by atoms with Crippen molar-refractivity contribution >= 4 is 22.6 Å². The van der Waals surface area contributed by atoms with Crippen molar-refractivity contribution in [2.24, 2.45) is 0 Å². The first kappa shape index (κ1) is 27.4. The van der Waals surface area contributed by atoms with E-state index in [4.69, 9.17) is 19.7 Å². The summed E-state index contributed by atoms with van der Waals surface area (Å²) < 4.78 is 12.6. The van der Waals surface area contributed by atoms with Crippen LogP contribution >= 0.6 is 22.6 Å². The quantitative estimate of drug-likeness (QED) is 0.119. The summed E-state index contributed by atoms with van der Waals surface area (Å²) in [5.74, 6) is 0. The van der Waals surface area contributed by atoms with Gasteiger partial charge in [-0.15, -0.1) is 0 Å². The fourth-order valence-corrected chi connectivity index (χ4v) is 4.32.